The topological polar surface area (TPSA) is 76.4 Å². The normalized spacial score (nSPS) is 10.2. The first-order valence-electron chi connectivity index (χ1n) is 6.31. The molecule has 0 aliphatic carbocycles. The zero-order chi connectivity index (χ0) is 14.4. The zero-order valence-corrected chi connectivity index (χ0v) is 11.2. The van der Waals surface area contributed by atoms with Gasteiger partial charge in [0, 0.05) is 31.5 Å². The molecule has 106 valence electrons. The molecule has 0 spiro atoms. The first-order valence-corrected chi connectivity index (χ1v) is 6.31. The van der Waals surface area contributed by atoms with Crippen LogP contribution in [0.4, 0.5) is 5.69 Å². The minimum atomic E-state index is -0.954. The number of rotatable bonds is 7. The van der Waals surface area contributed by atoms with Crippen molar-refractivity contribution in [3.05, 3.63) is 42.5 Å². The summed E-state index contributed by atoms with van der Waals surface area (Å²) < 4.78 is 7.09. The molecule has 2 aromatic rings. The third kappa shape index (κ3) is 3.50. The van der Waals surface area contributed by atoms with E-state index in [1.54, 1.807) is 37.8 Å². The molecule has 6 nitrogen and oxygen atoms in total. The molecule has 0 saturated carbocycles. The van der Waals surface area contributed by atoms with Crippen molar-refractivity contribution in [2.24, 2.45) is 0 Å². The molecular weight excluding hydrogens is 258 g/mol. The van der Waals surface area contributed by atoms with Crippen LogP contribution in [0.5, 0.6) is 5.75 Å². The minimum Gasteiger partial charge on any atom is -0.497 e. The third-order valence-electron chi connectivity index (χ3n) is 2.92. The third-order valence-corrected chi connectivity index (χ3v) is 2.92. The van der Waals surface area contributed by atoms with Gasteiger partial charge in [-0.2, -0.15) is 0 Å². The number of ether oxygens (including phenoxy) is 1. The number of hydrogen-bond donors (Lipinski definition) is 2. The largest absolute Gasteiger partial charge is 0.497 e. The first kappa shape index (κ1) is 13.9. The number of benzene rings is 1. The molecule has 0 bridgehead atoms. The van der Waals surface area contributed by atoms with E-state index in [-0.39, 0.29) is 5.56 Å². The summed E-state index contributed by atoms with van der Waals surface area (Å²) in [6.07, 6.45) is 6.26. The summed E-state index contributed by atoms with van der Waals surface area (Å²) in [7, 11) is 1.55. The molecule has 0 aliphatic heterocycles. The van der Waals surface area contributed by atoms with Crippen LogP contribution < -0.4 is 10.1 Å². The fourth-order valence-electron chi connectivity index (χ4n) is 1.89. The van der Waals surface area contributed by atoms with Gasteiger partial charge in [0.25, 0.3) is 0 Å². The van der Waals surface area contributed by atoms with Crippen molar-refractivity contribution in [3.63, 3.8) is 0 Å². The van der Waals surface area contributed by atoms with Gasteiger partial charge in [-0.05, 0) is 18.6 Å². The Balaban J connectivity index is 1.95. The molecule has 2 rings (SSSR count). The predicted octanol–water partition coefficient (Wildman–Crippen LogP) is 2.09. The number of aromatic carboxylic acids is 1. The highest BCUT2D eigenvalue weighted by Crippen LogP contribution is 2.22. The van der Waals surface area contributed by atoms with Gasteiger partial charge in [0.2, 0.25) is 0 Å². The van der Waals surface area contributed by atoms with Crippen LogP contribution in [0.3, 0.4) is 0 Å². The highest BCUT2D eigenvalue weighted by Gasteiger charge is 2.10. The number of carboxylic acids is 1. The van der Waals surface area contributed by atoms with E-state index in [0.29, 0.717) is 18.0 Å². The molecule has 0 radical (unpaired) electrons. The minimum absolute atomic E-state index is 0.244. The predicted molar refractivity (Wildman–Crippen MR) is 75.3 cm³/mol. The van der Waals surface area contributed by atoms with Crippen LogP contribution in [-0.2, 0) is 6.54 Å². The van der Waals surface area contributed by atoms with Crippen molar-refractivity contribution < 1.29 is 14.6 Å². The highest BCUT2D eigenvalue weighted by atomic mass is 16.5. The lowest BCUT2D eigenvalue weighted by molar-refractivity contribution is 0.0698. The Morgan fingerprint density at radius 2 is 2.35 bits per heavy atom. The Bertz CT molecular complexity index is 567. The second-order valence-corrected chi connectivity index (χ2v) is 4.30. The summed E-state index contributed by atoms with van der Waals surface area (Å²) in [5, 5.41) is 12.3. The van der Waals surface area contributed by atoms with E-state index >= 15 is 0 Å². The summed E-state index contributed by atoms with van der Waals surface area (Å²) in [4.78, 5) is 15.1. The van der Waals surface area contributed by atoms with Crippen molar-refractivity contribution in [1.29, 1.82) is 0 Å². The number of nitrogens with zero attached hydrogens (tertiary/aromatic N) is 2. The maximum absolute atomic E-state index is 11.1. The van der Waals surface area contributed by atoms with Crippen LogP contribution in [-0.4, -0.2) is 34.3 Å². The van der Waals surface area contributed by atoms with Gasteiger partial charge < -0.3 is 19.7 Å². The van der Waals surface area contributed by atoms with Gasteiger partial charge in [0.1, 0.15) is 5.75 Å². The summed E-state index contributed by atoms with van der Waals surface area (Å²) >= 11 is 0. The van der Waals surface area contributed by atoms with Gasteiger partial charge in [0.05, 0.1) is 24.7 Å². The highest BCUT2D eigenvalue weighted by molar-refractivity contribution is 5.94. The summed E-state index contributed by atoms with van der Waals surface area (Å²) in [6, 6.07) is 4.88. The van der Waals surface area contributed by atoms with E-state index in [2.05, 4.69) is 10.3 Å². The molecular formula is C14H17N3O3. The molecule has 0 unspecified atom stereocenters. The Morgan fingerprint density at radius 3 is 3.00 bits per heavy atom. The van der Waals surface area contributed by atoms with Crippen LogP contribution in [0.1, 0.15) is 16.8 Å². The number of anilines is 1. The number of imidazole rings is 1. The number of nitrogens with one attached hydrogen (secondary N) is 1. The van der Waals surface area contributed by atoms with Crippen molar-refractivity contribution in [2.45, 2.75) is 13.0 Å². The van der Waals surface area contributed by atoms with Crippen molar-refractivity contribution in [3.8, 4) is 5.75 Å². The van der Waals surface area contributed by atoms with Gasteiger partial charge >= 0.3 is 5.97 Å². The summed E-state index contributed by atoms with van der Waals surface area (Å²) in [6.45, 7) is 1.50. The Morgan fingerprint density at radius 1 is 1.50 bits per heavy atom. The lowest BCUT2D eigenvalue weighted by Crippen LogP contribution is -2.09. The molecule has 20 heavy (non-hydrogen) atoms. The van der Waals surface area contributed by atoms with Gasteiger partial charge in [-0.15, -0.1) is 0 Å². The van der Waals surface area contributed by atoms with Crippen LogP contribution >= 0.6 is 0 Å². The molecule has 1 aromatic heterocycles. The smallest absolute Gasteiger partial charge is 0.337 e. The fraction of sp³-hybridized carbons (Fsp3) is 0.286. The van der Waals surface area contributed by atoms with Crippen LogP contribution in [0.25, 0.3) is 0 Å². The maximum Gasteiger partial charge on any atom is 0.337 e. The first-order chi connectivity index (χ1) is 9.70. The molecule has 0 amide bonds. The number of aryl methyl sites for hydroxylation is 1. The second-order valence-electron chi connectivity index (χ2n) is 4.30. The van der Waals surface area contributed by atoms with Gasteiger partial charge in [-0.1, -0.05) is 0 Å². The number of hydrogen-bond acceptors (Lipinski definition) is 4. The fourth-order valence-corrected chi connectivity index (χ4v) is 1.89. The standard InChI is InChI=1S/C14H17N3O3/c1-20-11-3-4-12(14(18)19)13(9-11)16-5-2-7-17-8-6-15-10-17/h3-4,6,8-10,16H,2,5,7H2,1H3,(H,18,19). The molecule has 6 heteroatoms. The zero-order valence-electron chi connectivity index (χ0n) is 11.2. The van der Waals surface area contributed by atoms with E-state index in [1.165, 1.54) is 0 Å². The van der Waals surface area contributed by atoms with E-state index in [9.17, 15) is 4.79 Å². The lowest BCUT2D eigenvalue weighted by atomic mass is 10.1. The average molecular weight is 275 g/mol. The monoisotopic (exact) mass is 275 g/mol. The van der Waals surface area contributed by atoms with E-state index in [0.717, 1.165) is 13.0 Å². The quantitative estimate of drug-likeness (QED) is 0.757. The van der Waals surface area contributed by atoms with Crippen molar-refractivity contribution >= 4 is 11.7 Å². The second kappa shape index (κ2) is 6.60. The van der Waals surface area contributed by atoms with E-state index in [4.69, 9.17) is 9.84 Å². The molecule has 0 saturated heterocycles. The summed E-state index contributed by atoms with van der Waals surface area (Å²) in [5.41, 5.74) is 0.816. The Labute approximate surface area is 117 Å². The molecule has 1 aromatic carbocycles. The Hall–Kier alpha value is -2.50. The number of methoxy groups -OCH3 is 1. The van der Waals surface area contributed by atoms with Crippen molar-refractivity contribution in [2.75, 3.05) is 19.0 Å². The van der Waals surface area contributed by atoms with Gasteiger partial charge in [-0.3, -0.25) is 0 Å². The summed E-state index contributed by atoms with van der Waals surface area (Å²) in [5.74, 6) is -0.322. The molecule has 2 N–H and O–H groups in total. The van der Waals surface area contributed by atoms with Crippen LogP contribution in [0, 0.1) is 0 Å². The number of aromatic nitrogens is 2. The molecule has 1 heterocycles. The van der Waals surface area contributed by atoms with E-state index < -0.39 is 5.97 Å². The molecule has 0 fully saturated rings. The van der Waals surface area contributed by atoms with Crippen LogP contribution in [0.15, 0.2) is 36.9 Å². The molecule has 0 aliphatic rings. The van der Waals surface area contributed by atoms with E-state index in [1.807, 2.05) is 10.8 Å². The molecule has 0 atom stereocenters. The lowest BCUT2D eigenvalue weighted by Gasteiger charge is -2.11. The number of carboxylic acid groups (broad SMARTS) is 1. The average Bonchev–Trinajstić information content (AvgIpc) is 2.96. The number of carbonyl (C=O) groups is 1. The van der Waals surface area contributed by atoms with Crippen molar-refractivity contribution in [1.82, 2.24) is 9.55 Å². The van der Waals surface area contributed by atoms with Gasteiger partial charge in [0.15, 0.2) is 0 Å². The SMILES string of the molecule is COc1ccc(C(=O)O)c(NCCCn2ccnc2)c1. The Kier molecular flexibility index (Phi) is 4.60. The maximum atomic E-state index is 11.1. The van der Waals surface area contributed by atoms with Crippen LogP contribution in [0.2, 0.25) is 0 Å². The van der Waals surface area contributed by atoms with Gasteiger partial charge in [-0.25, -0.2) is 9.78 Å².